The van der Waals surface area contributed by atoms with Gasteiger partial charge >= 0.3 is 0 Å². The molecule has 6 nitrogen and oxygen atoms in total. The lowest BCUT2D eigenvalue weighted by atomic mass is 9.90. The molecule has 1 aromatic carbocycles. The van der Waals surface area contributed by atoms with Crippen LogP contribution >= 0.6 is 0 Å². The van der Waals surface area contributed by atoms with E-state index in [4.69, 9.17) is 4.74 Å². The quantitative estimate of drug-likeness (QED) is 0.767. The van der Waals surface area contributed by atoms with Crippen LogP contribution in [0.4, 0.5) is 0 Å². The summed E-state index contributed by atoms with van der Waals surface area (Å²) in [7, 11) is 2.12. The van der Waals surface area contributed by atoms with Crippen LogP contribution in [0.3, 0.4) is 0 Å². The number of amides is 2. The summed E-state index contributed by atoms with van der Waals surface area (Å²) in [6.45, 7) is 7.36. The largest absolute Gasteiger partial charge is 0.484 e. The highest BCUT2D eigenvalue weighted by molar-refractivity contribution is 5.99. The molecule has 1 atom stereocenters. The van der Waals surface area contributed by atoms with E-state index in [9.17, 15) is 9.59 Å². The van der Waals surface area contributed by atoms with Gasteiger partial charge < -0.3 is 19.4 Å². The zero-order valence-corrected chi connectivity index (χ0v) is 17.9. The molecule has 1 spiro atoms. The number of hydrogen-bond donors (Lipinski definition) is 0. The Labute approximate surface area is 173 Å². The number of likely N-dealkylation sites (tertiary alicyclic amines) is 2. The smallest absolute Gasteiger partial charge is 0.258 e. The minimum Gasteiger partial charge on any atom is -0.484 e. The molecule has 2 saturated heterocycles. The van der Waals surface area contributed by atoms with Gasteiger partial charge in [-0.1, -0.05) is 11.6 Å². The fraction of sp³-hybridized carbons (Fsp3) is 0.652. The number of benzene rings is 1. The van der Waals surface area contributed by atoms with Crippen LogP contribution in [0.25, 0.3) is 0 Å². The van der Waals surface area contributed by atoms with Crippen LogP contribution in [0.1, 0.15) is 54.9 Å². The van der Waals surface area contributed by atoms with Crippen molar-refractivity contribution in [2.45, 2.75) is 57.6 Å². The number of piperidine rings is 2. The van der Waals surface area contributed by atoms with Gasteiger partial charge in [0.2, 0.25) is 5.91 Å². The second-order valence-corrected chi connectivity index (χ2v) is 9.18. The number of ether oxygens (including phenoxy) is 1. The van der Waals surface area contributed by atoms with Crippen LogP contribution in [0, 0.1) is 6.92 Å². The van der Waals surface area contributed by atoms with Gasteiger partial charge in [-0.15, -0.1) is 0 Å². The normalized spacial score (nSPS) is 24.8. The van der Waals surface area contributed by atoms with E-state index in [0.717, 1.165) is 50.9 Å². The average Bonchev–Trinajstić information content (AvgIpc) is 2.80. The highest BCUT2D eigenvalue weighted by Gasteiger charge is 2.43. The first-order valence-electron chi connectivity index (χ1n) is 10.9. The van der Waals surface area contributed by atoms with Crippen molar-refractivity contribution in [2.24, 2.45) is 0 Å². The fourth-order valence-corrected chi connectivity index (χ4v) is 4.89. The van der Waals surface area contributed by atoms with Crippen molar-refractivity contribution in [1.82, 2.24) is 14.7 Å². The average molecular weight is 400 g/mol. The molecule has 6 heteroatoms. The van der Waals surface area contributed by atoms with Crippen LogP contribution in [-0.4, -0.2) is 77.9 Å². The molecular formula is C23H33N3O3. The SMILES string of the molecule is Cc1ccc2c(c1)C(=O)N(CC(=O)N1CCCCC1C)CC1(CCN(C)CC1)O2. The number of rotatable bonds is 2. The summed E-state index contributed by atoms with van der Waals surface area (Å²) in [4.78, 5) is 32.6. The minimum absolute atomic E-state index is 0.0599. The predicted octanol–water partition coefficient (Wildman–Crippen LogP) is 2.70. The molecular weight excluding hydrogens is 366 g/mol. The number of fused-ring (bicyclic) bond motifs is 1. The van der Waals surface area contributed by atoms with Gasteiger partial charge in [-0.25, -0.2) is 0 Å². The van der Waals surface area contributed by atoms with E-state index in [1.165, 1.54) is 6.42 Å². The van der Waals surface area contributed by atoms with Crippen molar-refractivity contribution in [3.05, 3.63) is 29.3 Å². The van der Waals surface area contributed by atoms with E-state index in [-0.39, 0.29) is 24.4 Å². The molecule has 29 heavy (non-hydrogen) atoms. The summed E-state index contributed by atoms with van der Waals surface area (Å²) in [6.07, 6.45) is 4.97. The fourth-order valence-electron chi connectivity index (χ4n) is 4.89. The highest BCUT2D eigenvalue weighted by atomic mass is 16.5. The second kappa shape index (κ2) is 7.98. The zero-order chi connectivity index (χ0) is 20.6. The zero-order valence-electron chi connectivity index (χ0n) is 17.9. The molecule has 1 aromatic rings. The van der Waals surface area contributed by atoms with Gasteiger partial charge in [0, 0.05) is 38.5 Å². The maximum atomic E-state index is 13.4. The van der Waals surface area contributed by atoms with Crippen LogP contribution < -0.4 is 4.74 Å². The molecule has 158 valence electrons. The van der Waals surface area contributed by atoms with E-state index in [2.05, 4.69) is 18.9 Å². The molecule has 0 bridgehead atoms. The van der Waals surface area contributed by atoms with Crippen molar-refractivity contribution in [3.63, 3.8) is 0 Å². The lowest BCUT2D eigenvalue weighted by molar-refractivity contribution is -0.135. The summed E-state index contributed by atoms with van der Waals surface area (Å²) >= 11 is 0. The third kappa shape index (κ3) is 4.13. The molecule has 1 unspecified atom stereocenters. The summed E-state index contributed by atoms with van der Waals surface area (Å²) in [5.74, 6) is 0.633. The summed E-state index contributed by atoms with van der Waals surface area (Å²) in [5, 5.41) is 0. The minimum atomic E-state index is -0.420. The van der Waals surface area contributed by atoms with Gasteiger partial charge in [-0.3, -0.25) is 9.59 Å². The standard InChI is InChI=1S/C23H33N3O3/c1-17-7-8-20-19(14-17)22(28)25(15-21(27)26-11-5-4-6-18(26)2)16-23(29-20)9-12-24(3)13-10-23/h7-8,14,18H,4-6,9-13,15-16H2,1-3H3. The molecule has 0 radical (unpaired) electrons. The number of aryl methyl sites for hydroxylation is 1. The summed E-state index contributed by atoms with van der Waals surface area (Å²) < 4.78 is 6.52. The Hall–Kier alpha value is -2.08. The van der Waals surface area contributed by atoms with Gasteiger partial charge in [0.05, 0.1) is 12.1 Å². The first-order chi connectivity index (χ1) is 13.9. The van der Waals surface area contributed by atoms with Gasteiger partial charge in [-0.2, -0.15) is 0 Å². The molecule has 3 aliphatic rings. The molecule has 0 aliphatic carbocycles. The maximum absolute atomic E-state index is 13.4. The van der Waals surface area contributed by atoms with Crippen molar-refractivity contribution in [3.8, 4) is 5.75 Å². The number of carbonyl (C=O) groups excluding carboxylic acids is 2. The van der Waals surface area contributed by atoms with Gasteiger partial charge in [0.25, 0.3) is 5.91 Å². The monoisotopic (exact) mass is 399 g/mol. The lowest BCUT2D eigenvalue weighted by Gasteiger charge is -2.42. The Morgan fingerprint density at radius 3 is 2.69 bits per heavy atom. The molecule has 4 rings (SSSR count). The molecule has 0 N–H and O–H groups in total. The molecule has 2 fully saturated rings. The third-order valence-electron chi connectivity index (χ3n) is 6.81. The van der Waals surface area contributed by atoms with E-state index >= 15 is 0 Å². The molecule has 0 saturated carbocycles. The summed E-state index contributed by atoms with van der Waals surface area (Å²) in [6, 6.07) is 6.06. The Bertz CT molecular complexity index is 786. The number of nitrogens with zero attached hydrogens (tertiary/aromatic N) is 3. The molecule has 3 heterocycles. The molecule has 2 amide bonds. The van der Waals surface area contributed by atoms with Gasteiger partial charge in [0.1, 0.15) is 17.9 Å². The van der Waals surface area contributed by atoms with Crippen molar-refractivity contribution in [2.75, 3.05) is 39.8 Å². The Balaban J connectivity index is 1.62. The van der Waals surface area contributed by atoms with Crippen molar-refractivity contribution in [1.29, 1.82) is 0 Å². The number of hydrogen-bond acceptors (Lipinski definition) is 4. The van der Waals surface area contributed by atoms with E-state index in [1.54, 1.807) is 4.90 Å². The van der Waals surface area contributed by atoms with E-state index in [0.29, 0.717) is 17.9 Å². The second-order valence-electron chi connectivity index (χ2n) is 9.18. The predicted molar refractivity (Wildman–Crippen MR) is 112 cm³/mol. The Morgan fingerprint density at radius 1 is 1.21 bits per heavy atom. The van der Waals surface area contributed by atoms with Crippen LogP contribution in [0.15, 0.2) is 18.2 Å². The Kier molecular flexibility index (Phi) is 5.56. The first kappa shape index (κ1) is 20.2. The van der Waals surface area contributed by atoms with E-state index in [1.807, 2.05) is 30.0 Å². The van der Waals surface area contributed by atoms with Crippen LogP contribution in [0.5, 0.6) is 5.75 Å². The topological polar surface area (TPSA) is 53.1 Å². The highest BCUT2D eigenvalue weighted by Crippen LogP contribution is 2.36. The van der Waals surface area contributed by atoms with Gasteiger partial charge in [0.15, 0.2) is 0 Å². The van der Waals surface area contributed by atoms with Crippen LogP contribution in [-0.2, 0) is 4.79 Å². The maximum Gasteiger partial charge on any atom is 0.258 e. The van der Waals surface area contributed by atoms with Crippen molar-refractivity contribution < 1.29 is 14.3 Å². The van der Waals surface area contributed by atoms with Crippen molar-refractivity contribution >= 4 is 11.8 Å². The molecule has 3 aliphatic heterocycles. The Morgan fingerprint density at radius 2 is 1.97 bits per heavy atom. The number of carbonyl (C=O) groups is 2. The summed E-state index contributed by atoms with van der Waals surface area (Å²) in [5.41, 5.74) is 1.19. The van der Waals surface area contributed by atoms with Gasteiger partial charge in [-0.05, 0) is 52.3 Å². The third-order valence-corrected chi connectivity index (χ3v) is 6.81. The first-order valence-corrected chi connectivity index (χ1v) is 10.9. The van der Waals surface area contributed by atoms with Crippen LogP contribution in [0.2, 0.25) is 0 Å². The van der Waals surface area contributed by atoms with E-state index < -0.39 is 5.60 Å². The molecule has 0 aromatic heterocycles. The lowest BCUT2D eigenvalue weighted by Crippen LogP contribution is -2.55.